The Balaban J connectivity index is 2.34. The average molecular weight is 312 g/mol. The van der Waals surface area contributed by atoms with Crippen LogP contribution in [0.5, 0.6) is 5.75 Å². The molecular weight excluding hydrogens is 298 g/mol. The van der Waals surface area contributed by atoms with Crippen LogP contribution in [0.1, 0.15) is 5.56 Å². The summed E-state index contributed by atoms with van der Waals surface area (Å²) in [4.78, 5) is 0.121. The topological polar surface area (TPSA) is 69.4 Å². The second-order valence-electron chi connectivity index (χ2n) is 4.27. The predicted molar refractivity (Wildman–Crippen MR) is 79.7 cm³/mol. The van der Waals surface area contributed by atoms with E-state index in [9.17, 15) is 8.42 Å². The molecule has 0 aliphatic heterocycles. The van der Waals surface area contributed by atoms with Crippen LogP contribution >= 0.6 is 11.6 Å². The smallest absolute Gasteiger partial charge is 0.183 e. The Hall–Kier alpha value is -1.72. The Labute approximate surface area is 123 Å². The monoisotopic (exact) mass is 311 g/mol. The van der Waals surface area contributed by atoms with Gasteiger partial charge < -0.3 is 10.5 Å². The highest BCUT2D eigenvalue weighted by Crippen LogP contribution is 2.27. The average Bonchev–Trinajstić information content (AvgIpc) is 2.38. The summed E-state index contributed by atoms with van der Waals surface area (Å²) >= 11 is 5.93. The van der Waals surface area contributed by atoms with E-state index in [2.05, 4.69) is 0 Å². The summed E-state index contributed by atoms with van der Waals surface area (Å²) in [5, 5.41) is 0.217. The number of methoxy groups -OCH3 is 1. The second-order valence-corrected chi connectivity index (χ2v) is 6.63. The molecule has 0 saturated heterocycles. The van der Waals surface area contributed by atoms with Gasteiger partial charge in [-0.3, -0.25) is 0 Å². The van der Waals surface area contributed by atoms with Gasteiger partial charge in [-0.05, 0) is 29.8 Å². The molecule has 20 heavy (non-hydrogen) atoms. The third kappa shape index (κ3) is 3.05. The Morgan fingerprint density at radius 3 is 2.50 bits per heavy atom. The fourth-order valence-electron chi connectivity index (χ4n) is 1.87. The van der Waals surface area contributed by atoms with E-state index in [0.717, 1.165) is 0 Å². The van der Waals surface area contributed by atoms with Gasteiger partial charge >= 0.3 is 0 Å². The summed E-state index contributed by atoms with van der Waals surface area (Å²) in [5.41, 5.74) is 6.76. The molecule has 0 amide bonds. The molecule has 0 fully saturated rings. The van der Waals surface area contributed by atoms with Gasteiger partial charge in [0.1, 0.15) is 5.75 Å². The van der Waals surface area contributed by atoms with Crippen LogP contribution in [0.2, 0.25) is 5.02 Å². The minimum atomic E-state index is -3.51. The summed E-state index contributed by atoms with van der Waals surface area (Å²) < 4.78 is 29.7. The Bertz CT molecular complexity index is 729. The zero-order valence-corrected chi connectivity index (χ0v) is 12.4. The lowest BCUT2D eigenvalue weighted by atomic mass is 10.2. The molecule has 2 rings (SSSR count). The van der Waals surface area contributed by atoms with E-state index >= 15 is 0 Å². The highest BCUT2D eigenvalue weighted by atomic mass is 35.5. The van der Waals surface area contributed by atoms with Crippen molar-refractivity contribution in [3.05, 3.63) is 53.1 Å². The van der Waals surface area contributed by atoms with E-state index in [1.165, 1.54) is 13.2 Å². The van der Waals surface area contributed by atoms with E-state index in [1.807, 2.05) is 0 Å². The van der Waals surface area contributed by atoms with Crippen molar-refractivity contribution < 1.29 is 13.2 Å². The molecule has 2 aromatic carbocycles. The second kappa shape index (κ2) is 5.73. The quantitative estimate of drug-likeness (QED) is 0.881. The molecule has 2 N–H and O–H groups in total. The standard InChI is InChI=1S/C14H14ClNO3S/c1-19-13-7-6-10(8-12(13)16)9-20(17,18)14-5-3-2-4-11(14)15/h2-8H,9,16H2,1H3. The number of halogens is 1. The van der Waals surface area contributed by atoms with Crippen LogP contribution in [0, 0.1) is 0 Å². The van der Waals surface area contributed by atoms with Gasteiger partial charge in [-0.1, -0.05) is 29.8 Å². The third-order valence-electron chi connectivity index (χ3n) is 2.82. The van der Waals surface area contributed by atoms with Gasteiger partial charge in [-0.25, -0.2) is 8.42 Å². The van der Waals surface area contributed by atoms with Gasteiger partial charge in [0.25, 0.3) is 0 Å². The predicted octanol–water partition coefficient (Wildman–Crippen LogP) is 2.90. The summed E-state index contributed by atoms with van der Waals surface area (Å²) in [6, 6.07) is 11.3. The van der Waals surface area contributed by atoms with Crippen molar-refractivity contribution in [2.45, 2.75) is 10.6 Å². The van der Waals surface area contributed by atoms with Gasteiger partial charge in [0.2, 0.25) is 0 Å². The molecule has 2 aromatic rings. The zero-order chi connectivity index (χ0) is 14.8. The minimum absolute atomic E-state index is 0.121. The van der Waals surface area contributed by atoms with Crippen LogP contribution in [-0.4, -0.2) is 15.5 Å². The summed E-state index contributed by atoms with van der Waals surface area (Å²) in [7, 11) is -2.00. The van der Waals surface area contributed by atoms with Gasteiger partial charge in [0.15, 0.2) is 9.84 Å². The van der Waals surface area contributed by atoms with Crippen molar-refractivity contribution >= 4 is 27.1 Å². The van der Waals surface area contributed by atoms with E-state index in [0.29, 0.717) is 17.0 Å². The molecule has 0 bridgehead atoms. The van der Waals surface area contributed by atoms with Crippen LogP contribution in [0.15, 0.2) is 47.4 Å². The highest BCUT2D eigenvalue weighted by Gasteiger charge is 2.18. The van der Waals surface area contributed by atoms with Crippen LogP contribution in [-0.2, 0) is 15.6 Å². The van der Waals surface area contributed by atoms with Crippen LogP contribution in [0.4, 0.5) is 5.69 Å². The summed E-state index contributed by atoms with van der Waals surface area (Å²) in [6.07, 6.45) is 0. The van der Waals surface area contributed by atoms with Crippen LogP contribution < -0.4 is 10.5 Å². The lowest BCUT2D eigenvalue weighted by Crippen LogP contribution is -2.06. The fourth-order valence-corrected chi connectivity index (χ4v) is 3.78. The van der Waals surface area contributed by atoms with E-state index < -0.39 is 9.84 Å². The number of benzene rings is 2. The fraction of sp³-hybridized carbons (Fsp3) is 0.143. The molecule has 6 heteroatoms. The molecule has 0 aliphatic rings. The number of anilines is 1. The number of sulfone groups is 1. The largest absolute Gasteiger partial charge is 0.495 e. The molecule has 106 valence electrons. The summed E-state index contributed by atoms with van der Waals surface area (Å²) in [6.45, 7) is 0. The first-order valence-corrected chi connectivity index (χ1v) is 7.87. The van der Waals surface area contributed by atoms with Gasteiger partial charge in [0.05, 0.1) is 28.5 Å². The lowest BCUT2D eigenvalue weighted by Gasteiger charge is -2.09. The Morgan fingerprint density at radius 2 is 1.90 bits per heavy atom. The van der Waals surface area contributed by atoms with Gasteiger partial charge in [0, 0.05) is 0 Å². The number of ether oxygens (including phenoxy) is 1. The van der Waals surface area contributed by atoms with Crippen LogP contribution in [0.25, 0.3) is 0 Å². The molecule has 0 spiro atoms. The zero-order valence-electron chi connectivity index (χ0n) is 10.8. The lowest BCUT2D eigenvalue weighted by molar-refractivity contribution is 0.417. The maximum atomic E-state index is 12.3. The molecule has 0 saturated carbocycles. The maximum Gasteiger partial charge on any atom is 0.183 e. The summed E-state index contributed by atoms with van der Waals surface area (Å²) in [5.74, 6) is 0.356. The van der Waals surface area contributed by atoms with E-state index in [1.54, 1.807) is 36.4 Å². The molecule has 0 atom stereocenters. The van der Waals surface area contributed by atoms with Gasteiger partial charge in [-0.15, -0.1) is 0 Å². The highest BCUT2D eigenvalue weighted by molar-refractivity contribution is 7.90. The van der Waals surface area contributed by atoms with Crippen molar-refractivity contribution in [3.63, 3.8) is 0 Å². The van der Waals surface area contributed by atoms with E-state index in [-0.39, 0.29) is 15.7 Å². The number of rotatable bonds is 4. The molecule has 0 aromatic heterocycles. The van der Waals surface area contributed by atoms with Crippen molar-refractivity contribution in [2.75, 3.05) is 12.8 Å². The van der Waals surface area contributed by atoms with Crippen molar-refractivity contribution in [1.82, 2.24) is 0 Å². The van der Waals surface area contributed by atoms with Crippen molar-refractivity contribution in [2.24, 2.45) is 0 Å². The minimum Gasteiger partial charge on any atom is -0.495 e. The van der Waals surface area contributed by atoms with Crippen LogP contribution in [0.3, 0.4) is 0 Å². The first-order valence-electron chi connectivity index (χ1n) is 5.84. The normalized spacial score (nSPS) is 11.3. The molecular formula is C14H14ClNO3S. The number of hydrogen-bond acceptors (Lipinski definition) is 4. The molecule has 0 unspecified atom stereocenters. The van der Waals surface area contributed by atoms with Gasteiger partial charge in [-0.2, -0.15) is 0 Å². The number of nitrogen functional groups attached to an aromatic ring is 1. The first kappa shape index (κ1) is 14.7. The Morgan fingerprint density at radius 1 is 1.20 bits per heavy atom. The van der Waals surface area contributed by atoms with Crippen molar-refractivity contribution in [3.8, 4) is 5.75 Å². The van der Waals surface area contributed by atoms with E-state index in [4.69, 9.17) is 22.1 Å². The number of nitrogens with two attached hydrogens (primary N) is 1. The first-order chi connectivity index (χ1) is 9.44. The van der Waals surface area contributed by atoms with Crippen molar-refractivity contribution in [1.29, 1.82) is 0 Å². The molecule has 0 heterocycles. The SMILES string of the molecule is COc1ccc(CS(=O)(=O)c2ccccc2Cl)cc1N. The molecule has 4 nitrogen and oxygen atoms in total. The number of hydrogen-bond donors (Lipinski definition) is 1. The molecule has 0 aliphatic carbocycles. The molecule has 0 radical (unpaired) electrons. The maximum absolute atomic E-state index is 12.3. The Kier molecular flexibility index (Phi) is 4.20. The third-order valence-corrected chi connectivity index (χ3v) is 5.00.